The summed E-state index contributed by atoms with van der Waals surface area (Å²) < 4.78 is 21.7. The monoisotopic (exact) mass is 451 g/mol. The molecule has 0 saturated heterocycles. The number of ether oxygens (including phenoxy) is 3. The molecule has 1 amide bonds. The zero-order valence-electron chi connectivity index (χ0n) is 19.2. The average molecular weight is 452 g/mol. The molecule has 1 atom stereocenters. The number of rotatable bonds is 10. The first kappa shape index (κ1) is 22.6. The van der Waals surface area contributed by atoms with Crippen LogP contribution < -0.4 is 19.5 Å². The van der Waals surface area contributed by atoms with Crippen molar-refractivity contribution in [3.05, 3.63) is 53.4 Å². The SMILES string of the molecule is COc1ccc(-c2noc(CCCCCNC(=O)c3cc4c(c(OC)c3)OC(C)C4)n2)cc1. The largest absolute Gasteiger partial charge is 0.497 e. The lowest BCUT2D eigenvalue weighted by Gasteiger charge is -2.11. The molecule has 8 heteroatoms. The molecule has 0 radical (unpaired) electrons. The average Bonchev–Trinajstić information content (AvgIpc) is 3.46. The Bertz CT molecular complexity index is 1090. The van der Waals surface area contributed by atoms with Crippen molar-refractivity contribution in [2.75, 3.05) is 20.8 Å². The second kappa shape index (κ2) is 10.4. The minimum Gasteiger partial charge on any atom is -0.497 e. The molecule has 1 N–H and O–H groups in total. The highest BCUT2D eigenvalue weighted by Crippen LogP contribution is 2.38. The lowest BCUT2D eigenvalue weighted by Crippen LogP contribution is -2.24. The van der Waals surface area contributed by atoms with Crippen molar-refractivity contribution in [3.63, 3.8) is 0 Å². The molecule has 174 valence electrons. The smallest absolute Gasteiger partial charge is 0.251 e. The summed E-state index contributed by atoms with van der Waals surface area (Å²) in [4.78, 5) is 17.0. The number of hydrogen-bond donors (Lipinski definition) is 1. The summed E-state index contributed by atoms with van der Waals surface area (Å²) >= 11 is 0. The van der Waals surface area contributed by atoms with Gasteiger partial charge in [0.1, 0.15) is 11.9 Å². The van der Waals surface area contributed by atoms with E-state index in [4.69, 9.17) is 18.7 Å². The van der Waals surface area contributed by atoms with E-state index in [0.29, 0.717) is 36.0 Å². The van der Waals surface area contributed by atoms with Crippen molar-refractivity contribution in [2.45, 2.75) is 45.1 Å². The Labute approximate surface area is 193 Å². The van der Waals surface area contributed by atoms with E-state index >= 15 is 0 Å². The maximum Gasteiger partial charge on any atom is 0.251 e. The van der Waals surface area contributed by atoms with Crippen LogP contribution in [0.1, 0.15) is 48.0 Å². The number of benzene rings is 2. The number of carbonyl (C=O) groups excluding carboxylic acids is 1. The van der Waals surface area contributed by atoms with E-state index in [1.165, 1.54) is 0 Å². The number of amides is 1. The zero-order valence-corrected chi connectivity index (χ0v) is 19.2. The summed E-state index contributed by atoms with van der Waals surface area (Å²) in [5.41, 5.74) is 2.50. The molecule has 0 bridgehead atoms. The van der Waals surface area contributed by atoms with E-state index in [-0.39, 0.29) is 12.0 Å². The fourth-order valence-corrected chi connectivity index (χ4v) is 3.88. The van der Waals surface area contributed by atoms with E-state index in [0.717, 1.165) is 48.3 Å². The molecule has 1 aliphatic rings. The molecule has 33 heavy (non-hydrogen) atoms. The molecule has 2 heterocycles. The molecule has 2 aromatic carbocycles. The van der Waals surface area contributed by atoms with Crippen LogP contribution in [0.2, 0.25) is 0 Å². The number of nitrogens with zero attached hydrogens (tertiary/aromatic N) is 2. The highest BCUT2D eigenvalue weighted by Gasteiger charge is 2.25. The topological polar surface area (TPSA) is 95.7 Å². The molecular formula is C25H29N3O5. The number of aromatic nitrogens is 2. The fourth-order valence-electron chi connectivity index (χ4n) is 3.88. The van der Waals surface area contributed by atoms with Crippen LogP contribution in [-0.4, -0.2) is 42.9 Å². The molecule has 3 aromatic rings. The lowest BCUT2D eigenvalue weighted by molar-refractivity contribution is 0.0952. The van der Waals surface area contributed by atoms with Gasteiger partial charge in [-0.3, -0.25) is 4.79 Å². The van der Waals surface area contributed by atoms with Gasteiger partial charge in [-0.1, -0.05) is 11.6 Å². The van der Waals surface area contributed by atoms with Gasteiger partial charge in [0.25, 0.3) is 5.91 Å². The van der Waals surface area contributed by atoms with Gasteiger partial charge in [-0.05, 0) is 56.2 Å². The van der Waals surface area contributed by atoms with Crippen molar-refractivity contribution in [3.8, 4) is 28.6 Å². The number of unbranched alkanes of at least 4 members (excludes halogenated alkanes) is 2. The van der Waals surface area contributed by atoms with Gasteiger partial charge in [0.05, 0.1) is 14.2 Å². The van der Waals surface area contributed by atoms with Crippen LogP contribution in [0.4, 0.5) is 0 Å². The lowest BCUT2D eigenvalue weighted by atomic mass is 10.1. The van der Waals surface area contributed by atoms with Gasteiger partial charge in [0, 0.05) is 36.1 Å². The Morgan fingerprint density at radius 3 is 2.70 bits per heavy atom. The summed E-state index contributed by atoms with van der Waals surface area (Å²) in [6, 6.07) is 11.2. The molecule has 4 rings (SSSR count). The van der Waals surface area contributed by atoms with Crippen LogP contribution >= 0.6 is 0 Å². The van der Waals surface area contributed by atoms with Crippen molar-refractivity contribution >= 4 is 5.91 Å². The summed E-state index contributed by atoms with van der Waals surface area (Å²) in [5, 5.41) is 7.04. The van der Waals surface area contributed by atoms with E-state index in [9.17, 15) is 4.79 Å². The predicted molar refractivity (Wildman–Crippen MR) is 123 cm³/mol. The molecule has 0 spiro atoms. The van der Waals surface area contributed by atoms with Crippen LogP contribution in [0, 0.1) is 0 Å². The fraction of sp³-hybridized carbons (Fsp3) is 0.400. The number of carbonyl (C=O) groups is 1. The van der Waals surface area contributed by atoms with Crippen molar-refractivity contribution in [2.24, 2.45) is 0 Å². The van der Waals surface area contributed by atoms with Gasteiger partial charge < -0.3 is 24.1 Å². The number of methoxy groups -OCH3 is 2. The van der Waals surface area contributed by atoms with Gasteiger partial charge >= 0.3 is 0 Å². The third kappa shape index (κ3) is 5.45. The van der Waals surface area contributed by atoms with Crippen LogP contribution in [0.15, 0.2) is 40.9 Å². The molecule has 0 saturated carbocycles. The van der Waals surface area contributed by atoms with E-state index in [2.05, 4.69) is 15.5 Å². The normalized spacial score (nSPS) is 14.5. The van der Waals surface area contributed by atoms with Crippen LogP contribution in [0.25, 0.3) is 11.4 Å². The molecule has 0 fully saturated rings. The first-order valence-electron chi connectivity index (χ1n) is 11.2. The van der Waals surface area contributed by atoms with Crippen molar-refractivity contribution < 1.29 is 23.5 Å². The Balaban J connectivity index is 1.19. The second-order valence-electron chi connectivity index (χ2n) is 8.11. The highest BCUT2D eigenvalue weighted by atomic mass is 16.5. The van der Waals surface area contributed by atoms with Crippen molar-refractivity contribution in [1.82, 2.24) is 15.5 Å². The van der Waals surface area contributed by atoms with Crippen LogP contribution in [0.3, 0.4) is 0 Å². The van der Waals surface area contributed by atoms with Crippen LogP contribution in [-0.2, 0) is 12.8 Å². The van der Waals surface area contributed by atoms with Gasteiger partial charge in [0.15, 0.2) is 11.5 Å². The summed E-state index contributed by atoms with van der Waals surface area (Å²) in [5.74, 6) is 3.23. The summed E-state index contributed by atoms with van der Waals surface area (Å²) in [6.07, 6.45) is 4.30. The third-order valence-electron chi connectivity index (χ3n) is 5.61. The number of hydrogen-bond acceptors (Lipinski definition) is 7. The van der Waals surface area contributed by atoms with Crippen molar-refractivity contribution in [1.29, 1.82) is 0 Å². The van der Waals surface area contributed by atoms with Gasteiger partial charge in [-0.2, -0.15) is 4.98 Å². The number of fused-ring (bicyclic) bond motifs is 1. The third-order valence-corrected chi connectivity index (χ3v) is 5.61. The van der Waals surface area contributed by atoms with Crippen LogP contribution in [0.5, 0.6) is 17.2 Å². The molecular weight excluding hydrogens is 422 g/mol. The minimum atomic E-state index is -0.100. The van der Waals surface area contributed by atoms with Gasteiger partial charge in [-0.15, -0.1) is 0 Å². The summed E-state index contributed by atoms with van der Waals surface area (Å²) in [7, 11) is 3.22. The molecule has 8 nitrogen and oxygen atoms in total. The molecule has 1 aliphatic heterocycles. The second-order valence-corrected chi connectivity index (χ2v) is 8.11. The molecule has 0 aliphatic carbocycles. The van der Waals surface area contributed by atoms with E-state index in [1.807, 2.05) is 37.3 Å². The molecule has 1 aromatic heterocycles. The Hall–Kier alpha value is -3.55. The van der Waals surface area contributed by atoms with Gasteiger partial charge in [0.2, 0.25) is 11.7 Å². The first-order chi connectivity index (χ1) is 16.1. The predicted octanol–water partition coefficient (Wildman–Crippen LogP) is 4.22. The molecule has 1 unspecified atom stereocenters. The number of nitrogens with one attached hydrogen (secondary N) is 1. The Morgan fingerprint density at radius 2 is 1.94 bits per heavy atom. The maximum atomic E-state index is 12.6. The minimum absolute atomic E-state index is 0.0957. The van der Waals surface area contributed by atoms with Gasteiger partial charge in [-0.25, -0.2) is 0 Å². The number of aryl methyl sites for hydroxylation is 1. The van der Waals surface area contributed by atoms with E-state index < -0.39 is 0 Å². The first-order valence-corrected chi connectivity index (χ1v) is 11.2. The highest BCUT2D eigenvalue weighted by molar-refractivity contribution is 5.95. The Kier molecular flexibility index (Phi) is 7.12. The van der Waals surface area contributed by atoms with E-state index in [1.54, 1.807) is 20.3 Å². The standard InChI is InChI=1S/C25H29N3O5/c1-16-13-18-14-19(15-21(31-3)23(18)32-16)25(29)26-12-6-4-5-7-22-27-24(28-33-22)17-8-10-20(30-2)11-9-17/h8-11,14-16H,4-7,12-13H2,1-3H3,(H,26,29). The zero-order chi connectivity index (χ0) is 23.2. The maximum absolute atomic E-state index is 12.6. The quantitative estimate of drug-likeness (QED) is 0.461. The Morgan fingerprint density at radius 1 is 1.12 bits per heavy atom. The summed E-state index contributed by atoms with van der Waals surface area (Å²) in [6.45, 7) is 2.61.